The van der Waals surface area contributed by atoms with Crippen molar-refractivity contribution in [3.8, 4) is 6.07 Å². The second-order valence-corrected chi connectivity index (χ2v) is 1.67. The normalized spacial score (nSPS) is 9.00. The van der Waals surface area contributed by atoms with Crippen molar-refractivity contribution in [2.45, 2.75) is 6.54 Å². The summed E-state index contributed by atoms with van der Waals surface area (Å²) >= 11 is 0. The van der Waals surface area contributed by atoms with Gasteiger partial charge < -0.3 is 5.73 Å². The Balaban J connectivity index is 2.83. The molecule has 0 bridgehead atoms. The molecular weight excluding hydrogens is 148 g/mol. The molecule has 0 fully saturated rings. The third kappa shape index (κ3) is 1.48. The molecule has 1 aromatic heterocycles. The van der Waals surface area contributed by atoms with Gasteiger partial charge in [-0.15, -0.1) is 15.0 Å². The number of nitrogens with zero attached hydrogens (tertiary/aromatic N) is 5. The fourth-order valence-corrected chi connectivity index (χ4v) is 0.472. The highest BCUT2D eigenvalue weighted by atomic mass is 16.1. The average Bonchev–Trinajstić information content (AvgIpc) is 2.37. The van der Waals surface area contributed by atoms with Gasteiger partial charge in [0.15, 0.2) is 0 Å². The van der Waals surface area contributed by atoms with E-state index in [0.717, 1.165) is 4.80 Å². The maximum Gasteiger partial charge on any atom is 0.290 e. The van der Waals surface area contributed by atoms with Crippen molar-refractivity contribution in [3.05, 3.63) is 5.82 Å². The molecule has 1 heterocycles. The van der Waals surface area contributed by atoms with Crippen LogP contribution < -0.4 is 5.73 Å². The molecule has 0 unspecified atom stereocenters. The highest BCUT2D eigenvalue weighted by Crippen LogP contribution is 1.82. The molecule has 0 aliphatic carbocycles. The van der Waals surface area contributed by atoms with Crippen molar-refractivity contribution in [2.75, 3.05) is 0 Å². The maximum absolute atomic E-state index is 10.4. The molecule has 11 heavy (non-hydrogen) atoms. The number of amides is 1. The van der Waals surface area contributed by atoms with Gasteiger partial charge in [0.1, 0.15) is 6.54 Å². The summed E-state index contributed by atoms with van der Waals surface area (Å²) in [6, 6.07) is 1.78. The summed E-state index contributed by atoms with van der Waals surface area (Å²) < 4.78 is 0. The molecule has 7 nitrogen and oxygen atoms in total. The first-order chi connectivity index (χ1) is 5.24. The van der Waals surface area contributed by atoms with Crippen LogP contribution in [0, 0.1) is 11.3 Å². The van der Waals surface area contributed by atoms with Gasteiger partial charge in [-0.3, -0.25) is 4.79 Å². The number of primary amides is 1. The van der Waals surface area contributed by atoms with E-state index in [2.05, 4.69) is 15.4 Å². The maximum atomic E-state index is 10.4. The Bertz CT molecular complexity index is 309. The van der Waals surface area contributed by atoms with Crippen LogP contribution in [0.4, 0.5) is 0 Å². The lowest BCUT2D eigenvalue weighted by molar-refractivity contribution is 0.0990. The van der Waals surface area contributed by atoms with Gasteiger partial charge in [-0.05, 0) is 5.21 Å². The smallest absolute Gasteiger partial charge is 0.290 e. The lowest BCUT2D eigenvalue weighted by Crippen LogP contribution is -2.13. The largest absolute Gasteiger partial charge is 0.363 e. The van der Waals surface area contributed by atoms with Gasteiger partial charge in [-0.1, -0.05) is 0 Å². The molecule has 1 aromatic rings. The Hall–Kier alpha value is -1.97. The van der Waals surface area contributed by atoms with E-state index in [1.54, 1.807) is 6.07 Å². The van der Waals surface area contributed by atoms with Gasteiger partial charge in [0.05, 0.1) is 6.07 Å². The van der Waals surface area contributed by atoms with Gasteiger partial charge in [0.2, 0.25) is 0 Å². The number of nitrogens with two attached hydrogens (primary N) is 1. The second kappa shape index (κ2) is 2.74. The predicted octanol–water partition coefficient (Wildman–Crippen LogP) is -1.70. The number of hydrogen-bond donors (Lipinski definition) is 1. The first-order valence-corrected chi connectivity index (χ1v) is 2.68. The molecule has 0 aromatic carbocycles. The molecule has 7 heteroatoms. The number of carbonyl (C=O) groups excluding carboxylic acids is 1. The number of tetrazole rings is 1. The standard InChI is InChI=1S/C4H4N6O/c5-1-2-10-8-4(3(6)11)7-9-10/h2H2,(H2,6,11). The molecule has 0 saturated heterocycles. The van der Waals surface area contributed by atoms with Crippen LogP contribution in [0.15, 0.2) is 0 Å². The Morgan fingerprint density at radius 2 is 2.55 bits per heavy atom. The number of hydrogen-bond acceptors (Lipinski definition) is 5. The van der Waals surface area contributed by atoms with Crippen LogP contribution in [0.5, 0.6) is 0 Å². The molecule has 0 aliphatic rings. The SMILES string of the molecule is N#CCn1nnc(C(N)=O)n1. The van der Waals surface area contributed by atoms with Crippen molar-refractivity contribution < 1.29 is 4.79 Å². The van der Waals surface area contributed by atoms with E-state index >= 15 is 0 Å². The van der Waals surface area contributed by atoms with Crippen LogP contribution in [0.3, 0.4) is 0 Å². The fraction of sp³-hybridized carbons (Fsp3) is 0.250. The zero-order valence-corrected chi connectivity index (χ0v) is 5.43. The third-order valence-electron chi connectivity index (χ3n) is 0.885. The Kier molecular flexibility index (Phi) is 1.78. The van der Waals surface area contributed by atoms with Crippen LogP contribution in [-0.2, 0) is 6.54 Å². The number of aromatic nitrogens is 4. The van der Waals surface area contributed by atoms with E-state index in [-0.39, 0.29) is 12.4 Å². The highest BCUT2D eigenvalue weighted by molar-refractivity contribution is 5.88. The van der Waals surface area contributed by atoms with Crippen molar-refractivity contribution in [1.29, 1.82) is 5.26 Å². The summed E-state index contributed by atoms with van der Waals surface area (Å²) in [6.45, 7) is -0.0414. The molecular formula is C4H4N6O. The summed E-state index contributed by atoms with van der Waals surface area (Å²) in [5.74, 6) is -0.936. The first-order valence-electron chi connectivity index (χ1n) is 2.68. The number of carbonyl (C=O) groups is 1. The van der Waals surface area contributed by atoms with Crippen molar-refractivity contribution in [1.82, 2.24) is 20.2 Å². The summed E-state index contributed by atoms with van der Waals surface area (Å²) in [5.41, 5.74) is 4.82. The van der Waals surface area contributed by atoms with Crippen LogP contribution in [0.1, 0.15) is 10.6 Å². The monoisotopic (exact) mass is 152 g/mol. The zero-order chi connectivity index (χ0) is 8.27. The topological polar surface area (TPSA) is 110 Å². The van der Waals surface area contributed by atoms with E-state index in [9.17, 15) is 4.79 Å². The Labute approximate surface area is 61.4 Å². The fourth-order valence-electron chi connectivity index (χ4n) is 0.472. The molecule has 0 atom stereocenters. The molecule has 2 N–H and O–H groups in total. The van der Waals surface area contributed by atoms with Gasteiger partial charge in [-0.25, -0.2) is 0 Å². The molecule has 1 amide bonds. The number of rotatable bonds is 2. The third-order valence-corrected chi connectivity index (χ3v) is 0.885. The highest BCUT2D eigenvalue weighted by Gasteiger charge is 2.06. The van der Waals surface area contributed by atoms with Gasteiger partial charge in [0.25, 0.3) is 11.7 Å². The van der Waals surface area contributed by atoms with Crippen molar-refractivity contribution >= 4 is 5.91 Å². The van der Waals surface area contributed by atoms with Crippen LogP contribution in [0.2, 0.25) is 0 Å². The minimum absolute atomic E-state index is 0.0414. The van der Waals surface area contributed by atoms with Crippen LogP contribution in [-0.4, -0.2) is 26.1 Å². The molecule has 0 spiro atoms. The molecule has 56 valence electrons. The predicted molar refractivity (Wildman–Crippen MR) is 31.9 cm³/mol. The minimum Gasteiger partial charge on any atom is -0.363 e. The molecule has 1 rings (SSSR count). The number of nitriles is 1. The van der Waals surface area contributed by atoms with Crippen molar-refractivity contribution in [3.63, 3.8) is 0 Å². The van der Waals surface area contributed by atoms with E-state index in [0.29, 0.717) is 0 Å². The quantitative estimate of drug-likeness (QED) is 0.542. The summed E-state index contributed by atoms with van der Waals surface area (Å²) in [7, 11) is 0. The van der Waals surface area contributed by atoms with E-state index < -0.39 is 5.91 Å². The van der Waals surface area contributed by atoms with E-state index in [1.165, 1.54) is 0 Å². The molecule has 0 aliphatic heterocycles. The molecule has 0 saturated carbocycles. The van der Waals surface area contributed by atoms with Crippen LogP contribution in [0.25, 0.3) is 0 Å². The first kappa shape index (κ1) is 7.14. The summed E-state index contributed by atoms with van der Waals surface area (Å²) in [5, 5.41) is 18.3. The van der Waals surface area contributed by atoms with Crippen molar-refractivity contribution in [2.24, 2.45) is 5.73 Å². The van der Waals surface area contributed by atoms with Gasteiger partial charge in [0, 0.05) is 0 Å². The summed E-state index contributed by atoms with van der Waals surface area (Å²) in [6.07, 6.45) is 0. The van der Waals surface area contributed by atoms with Gasteiger partial charge >= 0.3 is 0 Å². The Morgan fingerprint density at radius 3 is 3.00 bits per heavy atom. The molecule has 0 radical (unpaired) electrons. The lowest BCUT2D eigenvalue weighted by Gasteiger charge is -1.83. The lowest BCUT2D eigenvalue weighted by atomic mass is 10.6. The summed E-state index contributed by atoms with van der Waals surface area (Å²) in [4.78, 5) is 11.4. The zero-order valence-electron chi connectivity index (χ0n) is 5.43. The van der Waals surface area contributed by atoms with Gasteiger partial charge in [-0.2, -0.15) is 5.26 Å². The minimum atomic E-state index is -0.755. The van der Waals surface area contributed by atoms with E-state index in [1.807, 2.05) is 0 Å². The van der Waals surface area contributed by atoms with Crippen LogP contribution >= 0.6 is 0 Å². The second-order valence-electron chi connectivity index (χ2n) is 1.67. The average molecular weight is 152 g/mol. The Morgan fingerprint density at radius 1 is 1.82 bits per heavy atom. The van der Waals surface area contributed by atoms with E-state index in [4.69, 9.17) is 11.0 Å².